The summed E-state index contributed by atoms with van der Waals surface area (Å²) in [6.45, 7) is 0.557. The van der Waals surface area contributed by atoms with Gasteiger partial charge < -0.3 is 15.8 Å². The van der Waals surface area contributed by atoms with Crippen LogP contribution in [0.15, 0.2) is 42.5 Å². The van der Waals surface area contributed by atoms with Crippen LogP contribution in [0, 0.1) is 0 Å². The molecule has 2 aromatic carbocycles. The molecule has 3 N–H and O–H groups in total. The van der Waals surface area contributed by atoms with Gasteiger partial charge in [-0.1, -0.05) is 24.3 Å². The molecule has 0 spiro atoms. The number of carbonyl (C=O) groups excluding carboxylic acids is 1. The zero-order chi connectivity index (χ0) is 18.5. The van der Waals surface area contributed by atoms with Crippen molar-refractivity contribution in [3.63, 3.8) is 0 Å². The van der Waals surface area contributed by atoms with E-state index >= 15 is 0 Å². The van der Waals surface area contributed by atoms with E-state index < -0.39 is 0 Å². The molecule has 0 unspecified atom stereocenters. The maximum Gasteiger partial charge on any atom is 0.251 e. The molecular weight excluding hydrogens is 342 g/mol. The fourth-order valence-corrected chi connectivity index (χ4v) is 3.73. The van der Waals surface area contributed by atoms with E-state index in [1.807, 2.05) is 42.5 Å². The van der Waals surface area contributed by atoms with Crippen molar-refractivity contribution in [3.05, 3.63) is 64.8 Å². The third-order valence-corrected chi connectivity index (χ3v) is 5.01. The van der Waals surface area contributed by atoms with Crippen molar-refractivity contribution < 1.29 is 9.53 Å². The number of benzene rings is 2. The summed E-state index contributed by atoms with van der Waals surface area (Å²) in [5.74, 6) is 0.965. The Morgan fingerprint density at radius 3 is 2.96 bits per heavy atom. The summed E-state index contributed by atoms with van der Waals surface area (Å²) >= 11 is 0. The number of hydrogen-bond donors (Lipinski definition) is 2. The molecule has 2 aromatic heterocycles. The summed E-state index contributed by atoms with van der Waals surface area (Å²) in [7, 11) is 1.62. The van der Waals surface area contributed by atoms with Gasteiger partial charge >= 0.3 is 0 Å². The number of hydrogen-bond acceptors (Lipinski definition) is 5. The van der Waals surface area contributed by atoms with Gasteiger partial charge in [0.05, 0.1) is 18.3 Å². The second-order valence-corrected chi connectivity index (χ2v) is 6.56. The molecule has 3 heterocycles. The second-order valence-electron chi connectivity index (χ2n) is 6.56. The van der Waals surface area contributed by atoms with Crippen LogP contribution in [0.3, 0.4) is 0 Å². The first-order valence-electron chi connectivity index (χ1n) is 8.65. The van der Waals surface area contributed by atoms with Crippen LogP contribution in [-0.4, -0.2) is 27.6 Å². The number of nitrogens with one attached hydrogen (secondary N) is 1. The fraction of sp³-hybridized carbons (Fsp3) is 0.150. The smallest absolute Gasteiger partial charge is 0.251 e. The number of ether oxygens (including phenoxy) is 1. The maximum absolute atomic E-state index is 11.9. The van der Waals surface area contributed by atoms with Crippen LogP contribution in [-0.2, 0) is 13.0 Å². The largest absolute Gasteiger partial charge is 0.494 e. The minimum Gasteiger partial charge on any atom is -0.494 e. The van der Waals surface area contributed by atoms with Gasteiger partial charge in [0, 0.05) is 23.9 Å². The first kappa shape index (κ1) is 15.6. The van der Waals surface area contributed by atoms with Crippen LogP contribution in [0.4, 0.5) is 5.95 Å². The second kappa shape index (κ2) is 5.70. The van der Waals surface area contributed by atoms with E-state index in [4.69, 9.17) is 10.5 Å². The molecule has 134 valence electrons. The molecule has 0 radical (unpaired) electrons. The van der Waals surface area contributed by atoms with Gasteiger partial charge in [-0.3, -0.25) is 4.79 Å². The highest BCUT2D eigenvalue weighted by molar-refractivity contribution is 5.99. The lowest BCUT2D eigenvalue weighted by Gasteiger charge is -2.07. The highest BCUT2D eigenvalue weighted by Crippen LogP contribution is 2.29. The van der Waals surface area contributed by atoms with Crippen molar-refractivity contribution in [1.29, 1.82) is 0 Å². The van der Waals surface area contributed by atoms with E-state index in [1.165, 1.54) is 0 Å². The van der Waals surface area contributed by atoms with E-state index in [2.05, 4.69) is 15.4 Å². The van der Waals surface area contributed by atoms with Crippen molar-refractivity contribution in [2.45, 2.75) is 13.0 Å². The number of aromatic nitrogens is 3. The van der Waals surface area contributed by atoms with E-state index in [0.717, 1.165) is 33.3 Å². The minimum atomic E-state index is -0.0200. The fourth-order valence-electron chi connectivity index (χ4n) is 3.73. The van der Waals surface area contributed by atoms with E-state index in [9.17, 15) is 4.79 Å². The number of rotatable bonds is 3. The Balaban J connectivity index is 1.65. The standard InChI is InChI=1S/C20H17N5O2/c1-27-17-7-3-6-14-16-9-12(24-25(16)20(21)23-18(14)17)8-11-4-2-5-13-15(11)10-22-19(13)26/h2-7,9H,8,10H2,1H3,(H2,21,23)(H,22,26). The minimum absolute atomic E-state index is 0.0200. The van der Waals surface area contributed by atoms with Gasteiger partial charge in [-0.25, -0.2) is 4.98 Å². The quantitative estimate of drug-likeness (QED) is 0.585. The average Bonchev–Trinajstić information content (AvgIpc) is 3.27. The topological polar surface area (TPSA) is 94.5 Å². The number of para-hydroxylation sites is 1. The first-order chi connectivity index (χ1) is 13.2. The Hall–Kier alpha value is -3.61. The van der Waals surface area contributed by atoms with Gasteiger partial charge in [-0.2, -0.15) is 9.61 Å². The molecule has 0 saturated heterocycles. The van der Waals surface area contributed by atoms with Gasteiger partial charge in [0.15, 0.2) is 0 Å². The van der Waals surface area contributed by atoms with Gasteiger partial charge in [0.2, 0.25) is 5.95 Å². The highest BCUT2D eigenvalue weighted by Gasteiger charge is 2.22. The lowest BCUT2D eigenvalue weighted by molar-refractivity contribution is 0.0966. The van der Waals surface area contributed by atoms with Crippen molar-refractivity contribution in [2.24, 2.45) is 0 Å². The summed E-state index contributed by atoms with van der Waals surface area (Å²) in [5.41, 5.74) is 11.5. The van der Waals surface area contributed by atoms with Gasteiger partial charge in [-0.15, -0.1) is 0 Å². The molecule has 1 aliphatic rings. The van der Waals surface area contributed by atoms with Crippen LogP contribution in [0.5, 0.6) is 5.75 Å². The normalized spacial score (nSPS) is 13.1. The summed E-state index contributed by atoms with van der Waals surface area (Å²) in [5, 5.41) is 8.44. The van der Waals surface area contributed by atoms with Crippen molar-refractivity contribution in [1.82, 2.24) is 19.9 Å². The molecule has 0 bridgehead atoms. The highest BCUT2D eigenvalue weighted by atomic mass is 16.5. The van der Waals surface area contributed by atoms with Crippen molar-refractivity contribution in [2.75, 3.05) is 12.8 Å². The number of nitrogen functional groups attached to an aromatic ring is 1. The van der Waals surface area contributed by atoms with E-state index in [-0.39, 0.29) is 5.91 Å². The van der Waals surface area contributed by atoms with Gasteiger partial charge in [0.25, 0.3) is 5.91 Å². The summed E-state index contributed by atoms with van der Waals surface area (Å²) in [4.78, 5) is 16.4. The van der Waals surface area contributed by atoms with E-state index in [1.54, 1.807) is 11.6 Å². The molecule has 7 nitrogen and oxygen atoms in total. The monoisotopic (exact) mass is 359 g/mol. The van der Waals surface area contributed by atoms with Crippen LogP contribution in [0.1, 0.15) is 27.2 Å². The number of methoxy groups -OCH3 is 1. The molecule has 27 heavy (non-hydrogen) atoms. The van der Waals surface area contributed by atoms with Crippen molar-refractivity contribution >= 4 is 28.3 Å². The molecule has 0 atom stereocenters. The Morgan fingerprint density at radius 1 is 1.26 bits per heavy atom. The molecule has 7 heteroatoms. The molecule has 0 saturated carbocycles. The lowest BCUT2D eigenvalue weighted by Crippen LogP contribution is -2.12. The molecule has 0 fully saturated rings. The molecule has 1 amide bonds. The first-order valence-corrected chi connectivity index (χ1v) is 8.65. The lowest BCUT2D eigenvalue weighted by atomic mass is 9.99. The Kier molecular flexibility index (Phi) is 3.30. The zero-order valence-corrected chi connectivity index (χ0v) is 14.7. The predicted octanol–water partition coefficient (Wildman–Crippen LogP) is 2.31. The van der Waals surface area contributed by atoms with Gasteiger partial charge in [0.1, 0.15) is 11.3 Å². The summed E-state index contributed by atoms with van der Waals surface area (Å²) < 4.78 is 7.06. The third-order valence-electron chi connectivity index (χ3n) is 5.01. The summed E-state index contributed by atoms with van der Waals surface area (Å²) in [6, 6.07) is 13.6. The maximum atomic E-state index is 11.9. The molecule has 4 aromatic rings. The predicted molar refractivity (Wildman–Crippen MR) is 102 cm³/mol. The van der Waals surface area contributed by atoms with Crippen LogP contribution in [0.25, 0.3) is 16.4 Å². The van der Waals surface area contributed by atoms with Crippen LogP contribution in [0.2, 0.25) is 0 Å². The van der Waals surface area contributed by atoms with Gasteiger partial charge in [-0.05, 0) is 29.3 Å². The number of anilines is 1. The van der Waals surface area contributed by atoms with E-state index in [0.29, 0.717) is 30.2 Å². The van der Waals surface area contributed by atoms with Crippen molar-refractivity contribution in [3.8, 4) is 5.75 Å². The Morgan fingerprint density at radius 2 is 2.11 bits per heavy atom. The van der Waals surface area contributed by atoms with Crippen LogP contribution >= 0.6 is 0 Å². The number of nitrogens with zero attached hydrogens (tertiary/aromatic N) is 3. The summed E-state index contributed by atoms with van der Waals surface area (Å²) in [6.07, 6.45) is 0.616. The molecular formula is C20H17N5O2. The molecule has 1 aliphatic heterocycles. The molecule has 5 rings (SSSR count). The third kappa shape index (κ3) is 2.32. The number of fused-ring (bicyclic) bond motifs is 4. The van der Waals surface area contributed by atoms with Crippen LogP contribution < -0.4 is 15.8 Å². The Labute approximate surface area is 154 Å². The number of carbonyl (C=O) groups is 1. The zero-order valence-electron chi connectivity index (χ0n) is 14.7. The molecule has 0 aliphatic carbocycles. The average molecular weight is 359 g/mol. The SMILES string of the molecule is COc1cccc2c1nc(N)n1nc(Cc3cccc4c3CNC4=O)cc21. The number of amides is 1. The Bertz CT molecular complexity index is 1230. The number of nitrogens with two attached hydrogens (primary N) is 1.